The number of hydrogen-bond donors (Lipinski definition) is 1. The molecule has 0 saturated heterocycles. The largest absolute Gasteiger partial charge is 0.352 e. The average Bonchev–Trinajstić information content (AvgIpc) is 2.98. The van der Waals surface area contributed by atoms with Gasteiger partial charge in [-0.2, -0.15) is 0 Å². The SMILES string of the molecule is CC[C@@H](C(=O)NC1CCCCC1)N(Cc1ccc(Cl)c(Cl)c1)C(=O)CN(c1cccc(C)c1)S(=O)(=O)c1ccccc1. The van der Waals surface area contributed by atoms with Gasteiger partial charge in [0.15, 0.2) is 0 Å². The summed E-state index contributed by atoms with van der Waals surface area (Å²) in [5.41, 5.74) is 1.88. The maximum atomic E-state index is 14.2. The van der Waals surface area contributed by atoms with E-state index in [1.807, 2.05) is 19.9 Å². The summed E-state index contributed by atoms with van der Waals surface area (Å²) in [6.45, 7) is 3.27. The summed E-state index contributed by atoms with van der Waals surface area (Å²) in [5.74, 6) is -0.751. The van der Waals surface area contributed by atoms with Gasteiger partial charge in [0.2, 0.25) is 11.8 Å². The van der Waals surface area contributed by atoms with E-state index >= 15 is 0 Å². The third-order valence-electron chi connectivity index (χ3n) is 7.57. The highest BCUT2D eigenvalue weighted by Gasteiger charge is 2.34. The molecule has 0 bridgehead atoms. The molecule has 3 aromatic rings. The van der Waals surface area contributed by atoms with Gasteiger partial charge in [0, 0.05) is 12.6 Å². The highest BCUT2D eigenvalue weighted by Crippen LogP contribution is 2.27. The summed E-state index contributed by atoms with van der Waals surface area (Å²) in [5, 5.41) is 3.85. The summed E-state index contributed by atoms with van der Waals surface area (Å²) in [4.78, 5) is 29.4. The standard InChI is InChI=1S/C32H37Cl2N3O4S/c1-3-30(32(39)35-25-12-6-4-7-13-25)36(21-24-17-18-28(33)29(34)20-24)31(38)22-37(26-14-10-11-23(2)19-26)42(40,41)27-15-8-5-9-16-27/h5,8-11,14-20,25,30H,3-4,6-7,12-13,21-22H2,1-2H3,(H,35,39)/t30-/m0/s1. The molecule has 0 heterocycles. The zero-order chi connectivity index (χ0) is 30.3. The van der Waals surface area contributed by atoms with Crippen LogP contribution in [0.2, 0.25) is 10.0 Å². The zero-order valence-electron chi connectivity index (χ0n) is 23.9. The topological polar surface area (TPSA) is 86.8 Å². The third kappa shape index (κ3) is 7.85. The molecule has 7 nitrogen and oxygen atoms in total. The molecule has 1 N–H and O–H groups in total. The summed E-state index contributed by atoms with van der Waals surface area (Å²) in [7, 11) is -4.11. The van der Waals surface area contributed by atoms with E-state index in [0.29, 0.717) is 27.7 Å². The maximum absolute atomic E-state index is 14.2. The number of hydrogen-bond acceptors (Lipinski definition) is 4. The molecular formula is C32H37Cl2N3O4S. The lowest BCUT2D eigenvalue weighted by molar-refractivity contribution is -0.140. The summed E-state index contributed by atoms with van der Waals surface area (Å²) < 4.78 is 29.0. The minimum atomic E-state index is -4.11. The Labute approximate surface area is 258 Å². The first-order chi connectivity index (χ1) is 20.1. The van der Waals surface area contributed by atoms with Crippen molar-refractivity contribution in [2.24, 2.45) is 0 Å². The Morgan fingerprint density at radius 3 is 2.29 bits per heavy atom. The molecule has 1 saturated carbocycles. The minimum absolute atomic E-state index is 0.0549. The van der Waals surface area contributed by atoms with Gasteiger partial charge in [-0.25, -0.2) is 8.42 Å². The Hall–Kier alpha value is -3.07. The molecule has 224 valence electrons. The molecule has 4 rings (SSSR count). The summed E-state index contributed by atoms with van der Waals surface area (Å²) in [6.07, 6.45) is 5.41. The van der Waals surface area contributed by atoms with Gasteiger partial charge in [-0.3, -0.25) is 13.9 Å². The second-order valence-corrected chi connectivity index (χ2v) is 13.4. The molecule has 3 aromatic carbocycles. The molecule has 0 aliphatic heterocycles. The molecule has 1 fully saturated rings. The van der Waals surface area contributed by atoms with Crippen LogP contribution in [0.15, 0.2) is 77.7 Å². The van der Waals surface area contributed by atoms with Crippen LogP contribution in [0.5, 0.6) is 0 Å². The fourth-order valence-electron chi connectivity index (χ4n) is 5.33. The van der Waals surface area contributed by atoms with Crippen molar-refractivity contribution >= 4 is 50.7 Å². The number of nitrogens with one attached hydrogen (secondary N) is 1. The Morgan fingerprint density at radius 2 is 1.64 bits per heavy atom. The second kappa shape index (κ2) is 14.4. The predicted octanol–water partition coefficient (Wildman–Crippen LogP) is 6.75. The quantitative estimate of drug-likeness (QED) is 0.254. The van der Waals surface area contributed by atoms with Gasteiger partial charge in [0.25, 0.3) is 10.0 Å². The van der Waals surface area contributed by atoms with Gasteiger partial charge >= 0.3 is 0 Å². The summed E-state index contributed by atoms with van der Waals surface area (Å²) in [6, 6.07) is 19.3. The van der Waals surface area contributed by atoms with Crippen molar-refractivity contribution in [1.29, 1.82) is 0 Å². The maximum Gasteiger partial charge on any atom is 0.264 e. The van der Waals surface area contributed by atoms with Gasteiger partial charge in [0.05, 0.1) is 20.6 Å². The molecule has 2 amide bonds. The average molecular weight is 631 g/mol. The number of halogens is 2. The van der Waals surface area contributed by atoms with E-state index in [1.54, 1.807) is 54.6 Å². The number of carbonyl (C=O) groups excluding carboxylic acids is 2. The van der Waals surface area contributed by atoms with Gasteiger partial charge in [-0.05, 0) is 73.7 Å². The molecule has 10 heteroatoms. The number of rotatable bonds is 11. The molecule has 1 aliphatic rings. The van der Waals surface area contributed by atoms with Crippen molar-refractivity contribution in [3.05, 3.63) is 94.0 Å². The van der Waals surface area contributed by atoms with Crippen LogP contribution >= 0.6 is 23.2 Å². The van der Waals surface area contributed by atoms with Crippen molar-refractivity contribution in [3.63, 3.8) is 0 Å². The fraction of sp³-hybridized carbons (Fsp3) is 0.375. The van der Waals surface area contributed by atoms with Crippen molar-refractivity contribution in [2.45, 2.75) is 75.9 Å². The van der Waals surface area contributed by atoms with E-state index in [2.05, 4.69) is 5.32 Å². The first-order valence-electron chi connectivity index (χ1n) is 14.3. The second-order valence-electron chi connectivity index (χ2n) is 10.7. The number of sulfonamides is 1. The number of carbonyl (C=O) groups is 2. The first kappa shape index (κ1) is 31.9. The molecule has 0 aromatic heterocycles. The Balaban J connectivity index is 1.71. The Morgan fingerprint density at radius 1 is 0.929 bits per heavy atom. The van der Waals surface area contributed by atoms with Gasteiger partial charge in [-0.15, -0.1) is 0 Å². The van der Waals surface area contributed by atoms with Crippen LogP contribution in [0.3, 0.4) is 0 Å². The van der Waals surface area contributed by atoms with E-state index < -0.39 is 28.5 Å². The minimum Gasteiger partial charge on any atom is -0.352 e. The van der Waals surface area contributed by atoms with E-state index in [9.17, 15) is 18.0 Å². The smallest absolute Gasteiger partial charge is 0.264 e. The monoisotopic (exact) mass is 629 g/mol. The van der Waals surface area contributed by atoms with Gasteiger partial charge in [0.1, 0.15) is 12.6 Å². The van der Waals surface area contributed by atoms with Crippen LogP contribution in [0.4, 0.5) is 5.69 Å². The number of aryl methyl sites for hydroxylation is 1. The molecule has 0 radical (unpaired) electrons. The van der Waals surface area contributed by atoms with Crippen molar-refractivity contribution in [1.82, 2.24) is 10.2 Å². The first-order valence-corrected chi connectivity index (χ1v) is 16.5. The number of benzene rings is 3. The highest BCUT2D eigenvalue weighted by molar-refractivity contribution is 7.92. The van der Waals surface area contributed by atoms with Crippen LogP contribution < -0.4 is 9.62 Å². The number of nitrogens with zero attached hydrogens (tertiary/aromatic N) is 2. The Kier molecular flexibility index (Phi) is 10.9. The van der Waals surface area contributed by atoms with E-state index in [1.165, 1.54) is 17.0 Å². The molecular weight excluding hydrogens is 593 g/mol. The van der Waals surface area contributed by atoms with E-state index in [-0.39, 0.29) is 23.4 Å². The highest BCUT2D eigenvalue weighted by atomic mass is 35.5. The van der Waals surface area contributed by atoms with Gasteiger partial charge < -0.3 is 10.2 Å². The van der Waals surface area contributed by atoms with Crippen molar-refractivity contribution < 1.29 is 18.0 Å². The van der Waals surface area contributed by atoms with Gasteiger partial charge in [-0.1, -0.05) is 85.8 Å². The van der Waals surface area contributed by atoms with Crippen molar-refractivity contribution in [3.8, 4) is 0 Å². The number of anilines is 1. The molecule has 0 unspecified atom stereocenters. The van der Waals surface area contributed by atoms with Crippen LogP contribution in [-0.4, -0.2) is 43.8 Å². The lowest BCUT2D eigenvalue weighted by Crippen LogP contribution is -2.54. The summed E-state index contributed by atoms with van der Waals surface area (Å²) >= 11 is 12.4. The zero-order valence-corrected chi connectivity index (χ0v) is 26.3. The normalized spacial score (nSPS) is 14.7. The molecule has 1 aliphatic carbocycles. The molecule has 1 atom stereocenters. The predicted molar refractivity (Wildman–Crippen MR) is 168 cm³/mol. The Bertz CT molecular complexity index is 1490. The lowest BCUT2D eigenvalue weighted by atomic mass is 9.95. The molecule has 42 heavy (non-hydrogen) atoms. The van der Waals surface area contributed by atoms with Crippen LogP contribution in [0.25, 0.3) is 0 Å². The van der Waals surface area contributed by atoms with Crippen LogP contribution in [-0.2, 0) is 26.2 Å². The van der Waals surface area contributed by atoms with Crippen molar-refractivity contribution in [2.75, 3.05) is 10.8 Å². The van der Waals surface area contributed by atoms with E-state index in [0.717, 1.165) is 42.0 Å². The molecule has 0 spiro atoms. The third-order valence-corrected chi connectivity index (χ3v) is 10.1. The lowest BCUT2D eigenvalue weighted by Gasteiger charge is -2.34. The van der Waals surface area contributed by atoms with Crippen LogP contribution in [0.1, 0.15) is 56.6 Å². The van der Waals surface area contributed by atoms with E-state index in [4.69, 9.17) is 23.2 Å². The fourth-order valence-corrected chi connectivity index (χ4v) is 7.08. The van der Waals surface area contributed by atoms with Crippen LogP contribution in [0, 0.1) is 6.92 Å². The number of amides is 2.